The van der Waals surface area contributed by atoms with Gasteiger partial charge in [-0.05, 0) is 112 Å². The fourth-order valence-corrected chi connectivity index (χ4v) is 9.41. The van der Waals surface area contributed by atoms with Crippen LogP contribution in [0.1, 0.15) is 22.7 Å². The normalized spacial score (nSPS) is 14.2. The summed E-state index contributed by atoms with van der Waals surface area (Å²) in [6.07, 6.45) is 2.26. The SMILES string of the molecule is C1=C(c2cccc(-c3cccc4c3oc3ccccc34)c2)NC(c2ccccc2)=NC1c1cc(-c2ccc3oc4ccccc4c3c2)cc(-c2ccc3oc4ccccc4c3c2)c1. The Morgan fingerprint density at radius 2 is 0.857 bits per heavy atom. The molecular formula is C58H36N2O3. The average Bonchev–Trinajstić information content (AvgIpc) is 4.05. The Bertz CT molecular complexity index is 3710. The Morgan fingerprint density at radius 1 is 0.349 bits per heavy atom. The average molecular weight is 809 g/mol. The van der Waals surface area contributed by atoms with Crippen molar-refractivity contribution in [2.45, 2.75) is 6.04 Å². The molecule has 0 bridgehead atoms. The fourth-order valence-electron chi connectivity index (χ4n) is 9.41. The van der Waals surface area contributed by atoms with Crippen molar-refractivity contribution < 1.29 is 13.3 Å². The molecular weight excluding hydrogens is 773 g/mol. The fraction of sp³-hybridized carbons (Fsp3) is 0.0172. The molecule has 0 spiro atoms. The van der Waals surface area contributed by atoms with E-state index in [0.29, 0.717) is 0 Å². The van der Waals surface area contributed by atoms with Crippen LogP contribution < -0.4 is 5.32 Å². The number of nitrogens with one attached hydrogen (secondary N) is 1. The predicted octanol–water partition coefficient (Wildman–Crippen LogP) is 15.5. The van der Waals surface area contributed by atoms with Crippen LogP contribution in [0.3, 0.4) is 0 Å². The molecule has 3 aromatic heterocycles. The molecule has 63 heavy (non-hydrogen) atoms. The lowest BCUT2D eigenvalue weighted by atomic mass is 9.91. The number of rotatable bonds is 6. The zero-order valence-corrected chi connectivity index (χ0v) is 33.9. The molecule has 0 radical (unpaired) electrons. The van der Waals surface area contributed by atoms with E-state index in [1.54, 1.807) is 0 Å². The highest BCUT2D eigenvalue weighted by Crippen LogP contribution is 2.41. The Labute approximate surface area is 361 Å². The second-order valence-electron chi connectivity index (χ2n) is 16.3. The van der Waals surface area contributed by atoms with Crippen molar-refractivity contribution in [2.24, 2.45) is 4.99 Å². The number of para-hydroxylation sites is 4. The largest absolute Gasteiger partial charge is 0.456 e. The van der Waals surface area contributed by atoms with Crippen molar-refractivity contribution in [3.63, 3.8) is 0 Å². The van der Waals surface area contributed by atoms with Crippen molar-refractivity contribution in [2.75, 3.05) is 0 Å². The van der Waals surface area contributed by atoms with E-state index in [9.17, 15) is 0 Å². The topological polar surface area (TPSA) is 63.8 Å². The molecule has 0 fully saturated rings. The summed E-state index contributed by atoms with van der Waals surface area (Å²) in [6.45, 7) is 0. The summed E-state index contributed by atoms with van der Waals surface area (Å²) in [5.74, 6) is 0.812. The first-order valence-corrected chi connectivity index (χ1v) is 21.3. The third kappa shape index (κ3) is 5.97. The highest BCUT2D eigenvalue weighted by molar-refractivity contribution is 6.11. The molecule has 13 rings (SSSR count). The van der Waals surface area contributed by atoms with Crippen LogP contribution in [0.4, 0.5) is 0 Å². The molecule has 1 N–H and O–H groups in total. The number of nitrogens with zero attached hydrogens (tertiary/aromatic N) is 1. The van der Waals surface area contributed by atoms with Crippen molar-refractivity contribution in [3.05, 3.63) is 223 Å². The second kappa shape index (κ2) is 14.1. The molecule has 4 heterocycles. The zero-order valence-electron chi connectivity index (χ0n) is 33.9. The van der Waals surface area contributed by atoms with Crippen LogP contribution in [-0.4, -0.2) is 5.84 Å². The van der Waals surface area contributed by atoms with Crippen molar-refractivity contribution in [3.8, 4) is 33.4 Å². The van der Waals surface area contributed by atoms with Gasteiger partial charge >= 0.3 is 0 Å². The van der Waals surface area contributed by atoms with Crippen LogP contribution in [0.25, 0.3) is 105 Å². The van der Waals surface area contributed by atoms with Gasteiger partial charge in [0.15, 0.2) is 0 Å². The van der Waals surface area contributed by atoms with Gasteiger partial charge < -0.3 is 18.6 Å². The third-order valence-electron chi connectivity index (χ3n) is 12.5. The summed E-state index contributed by atoms with van der Waals surface area (Å²) in [5.41, 5.74) is 15.9. The molecule has 12 aromatic rings. The molecule has 5 nitrogen and oxygen atoms in total. The number of aliphatic imine (C=N–C) groups is 1. The maximum atomic E-state index is 6.49. The quantitative estimate of drug-likeness (QED) is 0.182. The summed E-state index contributed by atoms with van der Waals surface area (Å²) in [6, 6.07) is 69.8. The first-order valence-electron chi connectivity index (χ1n) is 21.3. The Kier molecular flexibility index (Phi) is 7.90. The molecule has 296 valence electrons. The summed E-state index contributed by atoms with van der Waals surface area (Å²) in [4.78, 5) is 5.46. The molecule has 0 saturated heterocycles. The lowest BCUT2D eigenvalue weighted by Crippen LogP contribution is -2.27. The first kappa shape index (κ1) is 35.4. The highest BCUT2D eigenvalue weighted by Gasteiger charge is 2.22. The minimum absolute atomic E-state index is 0.311. The number of fused-ring (bicyclic) bond motifs is 9. The number of furan rings is 3. The maximum absolute atomic E-state index is 6.49. The molecule has 1 unspecified atom stereocenters. The van der Waals surface area contributed by atoms with Crippen LogP contribution in [-0.2, 0) is 0 Å². The monoisotopic (exact) mass is 808 g/mol. The van der Waals surface area contributed by atoms with E-state index in [0.717, 1.165) is 127 Å². The van der Waals surface area contributed by atoms with Crippen molar-refractivity contribution in [1.82, 2.24) is 5.32 Å². The number of amidine groups is 1. The molecule has 1 aliphatic heterocycles. The number of benzene rings is 9. The Morgan fingerprint density at radius 3 is 1.52 bits per heavy atom. The van der Waals surface area contributed by atoms with Gasteiger partial charge in [0.2, 0.25) is 0 Å². The van der Waals surface area contributed by atoms with E-state index in [1.165, 1.54) is 0 Å². The molecule has 0 aliphatic carbocycles. The van der Waals surface area contributed by atoms with Crippen LogP contribution in [0.15, 0.2) is 225 Å². The van der Waals surface area contributed by atoms with Crippen molar-refractivity contribution in [1.29, 1.82) is 0 Å². The van der Waals surface area contributed by atoms with Gasteiger partial charge in [-0.15, -0.1) is 0 Å². The van der Waals surface area contributed by atoms with E-state index >= 15 is 0 Å². The minimum Gasteiger partial charge on any atom is -0.456 e. The molecule has 9 aromatic carbocycles. The predicted molar refractivity (Wildman–Crippen MR) is 258 cm³/mol. The van der Waals surface area contributed by atoms with Gasteiger partial charge in [0, 0.05) is 49.1 Å². The van der Waals surface area contributed by atoms with Gasteiger partial charge in [0.25, 0.3) is 0 Å². The third-order valence-corrected chi connectivity index (χ3v) is 12.5. The van der Waals surface area contributed by atoms with Gasteiger partial charge in [-0.3, -0.25) is 4.99 Å². The maximum Gasteiger partial charge on any atom is 0.143 e. The summed E-state index contributed by atoms with van der Waals surface area (Å²) >= 11 is 0. The second-order valence-corrected chi connectivity index (χ2v) is 16.3. The summed E-state index contributed by atoms with van der Waals surface area (Å²) in [7, 11) is 0. The van der Waals surface area contributed by atoms with E-state index in [2.05, 4.69) is 169 Å². The Hall–Kier alpha value is -8.41. The molecule has 0 amide bonds. The van der Waals surface area contributed by atoms with Gasteiger partial charge in [-0.2, -0.15) is 0 Å². The van der Waals surface area contributed by atoms with E-state index < -0.39 is 0 Å². The van der Waals surface area contributed by atoms with Gasteiger partial charge in [0.05, 0.1) is 6.04 Å². The van der Waals surface area contributed by atoms with Crippen LogP contribution in [0, 0.1) is 0 Å². The smallest absolute Gasteiger partial charge is 0.143 e. The Balaban J connectivity index is 0.988. The lowest BCUT2D eigenvalue weighted by molar-refractivity contribution is 0.668. The van der Waals surface area contributed by atoms with Gasteiger partial charge in [-0.1, -0.05) is 133 Å². The molecule has 1 aliphatic rings. The van der Waals surface area contributed by atoms with E-state index in [-0.39, 0.29) is 6.04 Å². The van der Waals surface area contributed by atoms with Crippen LogP contribution >= 0.6 is 0 Å². The standard InChI is InChI=1S/C58H36N2O3/c1-2-12-35(13-3-1)58-59-50(39-15-10-14-38(28-39)43-19-11-20-47-44-16-4-9-23-54(44)63-57(43)47)34-51(60-58)42-30-40(36-24-26-55-48(32-36)45-17-5-7-21-52(45)61-55)29-41(31-42)37-25-27-56-49(33-37)46-18-6-8-22-53(46)62-56/h1-34,51H,(H,59,60). The summed E-state index contributed by atoms with van der Waals surface area (Å²) < 4.78 is 19.0. The molecule has 1 atom stereocenters. The van der Waals surface area contributed by atoms with Gasteiger partial charge in [0.1, 0.15) is 39.3 Å². The lowest BCUT2D eigenvalue weighted by Gasteiger charge is -2.24. The molecule has 0 saturated carbocycles. The van der Waals surface area contributed by atoms with Crippen LogP contribution in [0.5, 0.6) is 0 Å². The summed E-state index contributed by atoms with van der Waals surface area (Å²) in [5, 5.41) is 10.4. The first-order chi connectivity index (χ1) is 31.2. The van der Waals surface area contributed by atoms with Crippen molar-refractivity contribution >= 4 is 77.3 Å². The highest BCUT2D eigenvalue weighted by atomic mass is 16.3. The zero-order chi connectivity index (χ0) is 41.4. The number of hydrogen-bond acceptors (Lipinski definition) is 5. The van der Waals surface area contributed by atoms with Gasteiger partial charge in [-0.25, -0.2) is 0 Å². The molecule has 5 heteroatoms. The van der Waals surface area contributed by atoms with E-state index in [1.807, 2.05) is 42.5 Å². The number of hydrogen-bond donors (Lipinski definition) is 1. The van der Waals surface area contributed by atoms with E-state index in [4.69, 9.17) is 18.2 Å². The van der Waals surface area contributed by atoms with Crippen LogP contribution in [0.2, 0.25) is 0 Å². The minimum atomic E-state index is -0.311.